The van der Waals surface area contributed by atoms with Crippen LogP contribution in [0.3, 0.4) is 0 Å². The van der Waals surface area contributed by atoms with Gasteiger partial charge in [-0.3, -0.25) is 19.2 Å². The number of halogens is 1. The topological polar surface area (TPSA) is 70.9 Å². The van der Waals surface area contributed by atoms with E-state index in [1.165, 1.54) is 0 Å². The first-order valence-corrected chi connectivity index (χ1v) is 11.5. The van der Waals surface area contributed by atoms with E-state index in [9.17, 15) is 9.59 Å². The van der Waals surface area contributed by atoms with Crippen molar-refractivity contribution >= 4 is 23.4 Å². The van der Waals surface area contributed by atoms with Crippen LogP contribution in [-0.4, -0.2) is 95.3 Å². The van der Waals surface area contributed by atoms with Crippen LogP contribution in [0.5, 0.6) is 0 Å². The van der Waals surface area contributed by atoms with E-state index < -0.39 is 0 Å². The van der Waals surface area contributed by atoms with E-state index in [2.05, 4.69) is 10.00 Å². The summed E-state index contributed by atoms with van der Waals surface area (Å²) in [6.45, 7) is 9.84. The number of amides is 2. The van der Waals surface area contributed by atoms with Gasteiger partial charge in [-0.05, 0) is 25.5 Å². The maximum absolute atomic E-state index is 13.3. The molecule has 172 valence electrons. The zero-order valence-corrected chi connectivity index (χ0v) is 19.5. The Morgan fingerprint density at radius 3 is 2.34 bits per heavy atom. The number of aryl methyl sites for hydroxylation is 1. The minimum absolute atomic E-state index is 0.0225. The molecule has 0 bridgehead atoms. The minimum Gasteiger partial charge on any atom is -0.379 e. The molecule has 0 unspecified atom stereocenters. The van der Waals surface area contributed by atoms with Gasteiger partial charge < -0.3 is 14.5 Å². The van der Waals surface area contributed by atoms with Crippen molar-refractivity contribution in [1.29, 1.82) is 0 Å². The quantitative estimate of drug-likeness (QED) is 0.682. The number of carbonyl (C=O) groups is 2. The highest BCUT2D eigenvalue weighted by Gasteiger charge is 2.29. The third-order valence-electron chi connectivity index (χ3n) is 6.26. The molecular formula is C23H30ClN5O3. The smallest absolute Gasteiger partial charge is 0.257 e. The molecule has 8 nitrogen and oxygen atoms in total. The van der Waals surface area contributed by atoms with E-state index in [4.69, 9.17) is 16.3 Å². The zero-order chi connectivity index (χ0) is 22.7. The number of rotatable bonds is 5. The lowest BCUT2D eigenvalue weighted by Crippen LogP contribution is -2.53. The molecule has 2 amide bonds. The highest BCUT2D eigenvalue weighted by molar-refractivity contribution is 6.31. The summed E-state index contributed by atoms with van der Waals surface area (Å²) in [4.78, 5) is 31.7. The van der Waals surface area contributed by atoms with E-state index in [-0.39, 0.29) is 11.8 Å². The average molecular weight is 460 g/mol. The summed E-state index contributed by atoms with van der Waals surface area (Å²) in [5.74, 6) is 0.101. The van der Waals surface area contributed by atoms with Crippen LogP contribution < -0.4 is 0 Å². The van der Waals surface area contributed by atoms with Gasteiger partial charge in [-0.2, -0.15) is 5.10 Å². The Bertz CT molecular complexity index is 978. The normalized spacial score (nSPS) is 17.6. The van der Waals surface area contributed by atoms with Crippen molar-refractivity contribution in [2.24, 2.45) is 0 Å². The molecule has 32 heavy (non-hydrogen) atoms. The Morgan fingerprint density at radius 2 is 1.66 bits per heavy atom. The SMILES string of the molecule is Cc1nn(Cc2ccccc2Cl)c(C)c1C(=O)N1CCN(C(=O)CN2CCOCC2)CC1. The fraction of sp³-hybridized carbons (Fsp3) is 0.522. The third-order valence-corrected chi connectivity index (χ3v) is 6.62. The van der Waals surface area contributed by atoms with Crippen LogP contribution in [0.2, 0.25) is 5.02 Å². The highest BCUT2D eigenvalue weighted by atomic mass is 35.5. The van der Waals surface area contributed by atoms with Gasteiger partial charge in [0.05, 0.1) is 37.6 Å². The van der Waals surface area contributed by atoms with Gasteiger partial charge in [0.25, 0.3) is 5.91 Å². The number of morpholine rings is 1. The Hall–Kier alpha value is -2.42. The molecule has 1 aromatic carbocycles. The number of benzene rings is 1. The second-order valence-electron chi connectivity index (χ2n) is 8.36. The maximum atomic E-state index is 13.3. The molecule has 0 N–H and O–H groups in total. The molecule has 2 aliphatic rings. The summed E-state index contributed by atoms with van der Waals surface area (Å²) in [7, 11) is 0. The molecule has 2 fully saturated rings. The molecular weight excluding hydrogens is 430 g/mol. The van der Waals surface area contributed by atoms with Crippen LogP contribution in [0, 0.1) is 13.8 Å². The lowest BCUT2D eigenvalue weighted by molar-refractivity contribution is -0.134. The van der Waals surface area contributed by atoms with Crippen molar-refractivity contribution < 1.29 is 14.3 Å². The Morgan fingerprint density at radius 1 is 1.00 bits per heavy atom. The fourth-order valence-corrected chi connectivity index (χ4v) is 4.51. The van der Waals surface area contributed by atoms with Crippen LogP contribution in [0.25, 0.3) is 0 Å². The number of hydrogen-bond donors (Lipinski definition) is 0. The second-order valence-corrected chi connectivity index (χ2v) is 8.76. The maximum Gasteiger partial charge on any atom is 0.257 e. The molecule has 0 spiro atoms. The summed E-state index contributed by atoms with van der Waals surface area (Å²) in [6.07, 6.45) is 0. The molecule has 9 heteroatoms. The molecule has 3 heterocycles. The predicted octanol–water partition coefficient (Wildman–Crippen LogP) is 1.82. The number of nitrogens with zero attached hydrogens (tertiary/aromatic N) is 5. The number of piperazine rings is 1. The number of hydrogen-bond acceptors (Lipinski definition) is 5. The molecule has 0 radical (unpaired) electrons. The van der Waals surface area contributed by atoms with Crippen molar-refractivity contribution in [1.82, 2.24) is 24.5 Å². The Kier molecular flexibility index (Phi) is 7.13. The summed E-state index contributed by atoms with van der Waals surface area (Å²) in [5, 5.41) is 5.29. The van der Waals surface area contributed by atoms with Gasteiger partial charge in [0, 0.05) is 50.0 Å². The van der Waals surface area contributed by atoms with E-state index in [1.54, 1.807) is 0 Å². The predicted molar refractivity (Wildman–Crippen MR) is 122 cm³/mol. The van der Waals surface area contributed by atoms with Gasteiger partial charge in [-0.25, -0.2) is 0 Å². The lowest BCUT2D eigenvalue weighted by atomic mass is 10.1. The second kappa shape index (κ2) is 10.0. The van der Waals surface area contributed by atoms with Crippen molar-refractivity contribution in [2.75, 3.05) is 59.0 Å². The van der Waals surface area contributed by atoms with Gasteiger partial charge in [0.2, 0.25) is 5.91 Å². The molecule has 0 aliphatic carbocycles. The number of carbonyl (C=O) groups excluding carboxylic acids is 2. The Labute approximate surface area is 193 Å². The molecule has 4 rings (SSSR count). The summed E-state index contributed by atoms with van der Waals surface area (Å²) < 4.78 is 7.18. The van der Waals surface area contributed by atoms with E-state index in [0.29, 0.717) is 68.8 Å². The van der Waals surface area contributed by atoms with Gasteiger partial charge in [0.1, 0.15) is 0 Å². The molecule has 2 saturated heterocycles. The van der Waals surface area contributed by atoms with E-state index in [1.807, 2.05) is 52.6 Å². The van der Waals surface area contributed by atoms with Crippen LogP contribution in [0.15, 0.2) is 24.3 Å². The molecule has 0 saturated carbocycles. The van der Waals surface area contributed by atoms with Crippen molar-refractivity contribution in [3.8, 4) is 0 Å². The van der Waals surface area contributed by atoms with Gasteiger partial charge >= 0.3 is 0 Å². The first-order chi connectivity index (χ1) is 15.4. The summed E-state index contributed by atoms with van der Waals surface area (Å²) in [5.41, 5.74) is 3.15. The standard InChI is InChI=1S/C23H30ClN5O3/c1-17-22(18(2)29(25-17)15-19-5-3-4-6-20(19)24)23(31)28-9-7-27(8-10-28)21(30)16-26-11-13-32-14-12-26/h3-6H,7-16H2,1-2H3. The summed E-state index contributed by atoms with van der Waals surface area (Å²) in [6, 6.07) is 7.66. The van der Waals surface area contributed by atoms with Gasteiger partial charge in [-0.15, -0.1) is 0 Å². The Balaban J connectivity index is 1.37. The van der Waals surface area contributed by atoms with Gasteiger partial charge in [-0.1, -0.05) is 29.8 Å². The minimum atomic E-state index is -0.0225. The van der Waals surface area contributed by atoms with Crippen LogP contribution >= 0.6 is 11.6 Å². The monoisotopic (exact) mass is 459 g/mol. The van der Waals surface area contributed by atoms with E-state index in [0.717, 1.165) is 24.3 Å². The average Bonchev–Trinajstić information content (AvgIpc) is 3.08. The molecule has 2 aromatic rings. The first-order valence-electron chi connectivity index (χ1n) is 11.1. The zero-order valence-electron chi connectivity index (χ0n) is 18.7. The first kappa shape index (κ1) is 22.8. The largest absolute Gasteiger partial charge is 0.379 e. The molecule has 2 aliphatic heterocycles. The third kappa shape index (κ3) is 4.98. The van der Waals surface area contributed by atoms with Crippen molar-refractivity contribution in [3.63, 3.8) is 0 Å². The highest BCUT2D eigenvalue weighted by Crippen LogP contribution is 2.21. The van der Waals surface area contributed by atoms with Gasteiger partial charge in [0.15, 0.2) is 0 Å². The molecule has 0 atom stereocenters. The van der Waals surface area contributed by atoms with Crippen molar-refractivity contribution in [3.05, 3.63) is 51.8 Å². The van der Waals surface area contributed by atoms with E-state index >= 15 is 0 Å². The van der Waals surface area contributed by atoms with Crippen molar-refractivity contribution in [2.45, 2.75) is 20.4 Å². The summed E-state index contributed by atoms with van der Waals surface area (Å²) >= 11 is 6.30. The van der Waals surface area contributed by atoms with Crippen LogP contribution in [-0.2, 0) is 16.1 Å². The fourth-order valence-electron chi connectivity index (χ4n) is 4.32. The number of ether oxygens (including phenoxy) is 1. The van der Waals surface area contributed by atoms with Crippen LogP contribution in [0.1, 0.15) is 27.3 Å². The van der Waals surface area contributed by atoms with Crippen LogP contribution in [0.4, 0.5) is 0 Å². The number of aromatic nitrogens is 2. The lowest BCUT2D eigenvalue weighted by Gasteiger charge is -2.36. The molecule has 1 aromatic heterocycles.